The van der Waals surface area contributed by atoms with Crippen LogP contribution in [0, 0.1) is 12.7 Å². The molecular formula is C17H17FN4. The van der Waals surface area contributed by atoms with E-state index in [0.717, 1.165) is 11.3 Å². The fraction of sp³-hybridized carbons (Fsp3) is 0.176. The van der Waals surface area contributed by atoms with Gasteiger partial charge in [-0.3, -0.25) is 0 Å². The van der Waals surface area contributed by atoms with Crippen LogP contribution in [0.4, 0.5) is 4.39 Å². The number of nitrogens with zero attached hydrogens (tertiary/aromatic N) is 3. The lowest BCUT2D eigenvalue weighted by Crippen LogP contribution is -2.06. The normalized spacial score (nSPS) is 10.9. The number of rotatable bonds is 4. The van der Waals surface area contributed by atoms with Crippen LogP contribution in [-0.4, -0.2) is 15.0 Å². The molecule has 0 atom stereocenters. The Balaban J connectivity index is 2.04. The zero-order valence-corrected chi connectivity index (χ0v) is 12.3. The highest BCUT2D eigenvalue weighted by Crippen LogP contribution is 2.23. The smallest absolute Gasteiger partial charge is 0.123 e. The predicted molar refractivity (Wildman–Crippen MR) is 83.6 cm³/mol. The van der Waals surface area contributed by atoms with Gasteiger partial charge in [-0.05, 0) is 42.3 Å². The summed E-state index contributed by atoms with van der Waals surface area (Å²) < 4.78 is 15.0. The molecule has 1 heterocycles. The van der Waals surface area contributed by atoms with E-state index in [4.69, 9.17) is 5.73 Å². The van der Waals surface area contributed by atoms with E-state index in [1.165, 1.54) is 23.3 Å². The SMILES string of the molecule is Cc1ccccc1Cn1nnc(CN)c1-c1ccc(F)cc1. The summed E-state index contributed by atoms with van der Waals surface area (Å²) in [5.41, 5.74) is 10.5. The van der Waals surface area contributed by atoms with E-state index in [2.05, 4.69) is 29.4 Å². The Kier molecular flexibility index (Phi) is 3.98. The van der Waals surface area contributed by atoms with E-state index in [1.807, 2.05) is 16.8 Å². The summed E-state index contributed by atoms with van der Waals surface area (Å²) in [6.07, 6.45) is 0. The summed E-state index contributed by atoms with van der Waals surface area (Å²) in [4.78, 5) is 0. The van der Waals surface area contributed by atoms with Crippen molar-refractivity contribution in [1.82, 2.24) is 15.0 Å². The van der Waals surface area contributed by atoms with Gasteiger partial charge in [0.25, 0.3) is 0 Å². The van der Waals surface area contributed by atoms with Gasteiger partial charge in [0.15, 0.2) is 0 Å². The summed E-state index contributed by atoms with van der Waals surface area (Å²) in [5.74, 6) is -0.268. The largest absolute Gasteiger partial charge is 0.325 e. The fourth-order valence-electron chi connectivity index (χ4n) is 2.47. The molecular weight excluding hydrogens is 279 g/mol. The molecule has 1 aromatic heterocycles. The molecule has 0 aliphatic rings. The minimum Gasteiger partial charge on any atom is -0.325 e. The number of benzene rings is 2. The van der Waals surface area contributed by atoms with Crippen molar-refractivity contribution < 1.29 is 4.39 Å². The van der Waals surface area contributed by atoms with Crippen LogP contribution >= 0.6 is 0 Å². The van der Waals surface area contributed by atoms with Crippen molar-refractivity contribution >= 4 is 0 Å². The van der Waals surface area contributed by atoms with Crippen LogP contribution in [-0.2, 0) is 13.1 Å². The third-order valence-electron chi connectivity index (χ3n) is 3.70. The van der Waals surface area contributed by atoms with Gasteiger partial charge in [0.1, 0.15) is 11.5 Å². The molecule has 3 rings (SSSR count). The van der Waals surface area contributed by atoms with Gasteiger partial charge < -0.3 is 5.73 Å². The van der Waals surface area contributed by atoms with Crippen molar-refractivity contribution in [2.75, 3.05) is 0 Å². The van der Waals surface area contributed by atoms with E-state index in [0.29, 0.717) is 18.8 Å². The molecule has 0 spiro atoms. The zero-order chi connectivity index (χ0) is 15.5. The maximum absolute atomic E-state index is 13.1. The first-order valence-electron chi connectivity index (χ1n) is 7.12. The molecule has 0 aliphatic heterocycles. The number of hydrogen-bond donors (Lipinski definition) is 1. The van der Waals surface area contributed by atoms with E-state index in [1.54, 1.807) is 12.1 Å². The van der Waals surface area contributed by atoms with Crippen LogP contribution in [0.15, 0.2) is 48.5 Å². The molecule has 0 fully saturated rings. The Morgan fingerprint density at radius 1 is 1.09 bits per heavy atom. The Morgan fingerprint density at radius 2 is 1.82 bits per heavy atom. The molecule has 0 aliphatic carbocycles. The highest BCUT2D eigenvalue weighted by molar-refractivity contribution is 5.62. The standard InChI is InChI=1S/C17H17FN4/c1-12-4-2-3-5-14(12)11-22-17(16(10-19)20-21-22)13-6-8-15(18)9-7-13/h2-9H,10-11,19H2,1H3. The maximum Gasteiger partial charge on any atom is 0.123 e. The van der Waals surface area contributed by atoms with Crippen molar-refractivity contribution in [2.45, 2.75) is 20.0 Å². The minimum atomic E-state index is -0.268. The molecule has 0 radical (unpaired) electrons. The lowest BCUT2D eigenvalue weighted by atomic mass is 10.1. The number of hydrogen-bond acceptors (Lipinski definition) is 3. The first-order valence-corrected chi connectivity index (χ1v) is 7.12. The quantitative estimate of drug-likeness (QED) is 0.805. The van der Waals surface area contributed by atoms with Gasteiger partial charge in [-0.2, -0.15) is 0 Å². The highest BCUT2D eigenvalue weighted by atomic mass is 19.1. The molecule has 2 aromatic carbocycles. The second kappa shape index (κ2) is 6.07. The summed E-state index contributed by atoms with van der Waals surface area (Å²) in [6.45, 7) is 2.96. The van der Waals surface area contributed by atoms with Crippen molar-refractivity contribution in [2.24, 2.45) is 5.73 Å². The van der Waals surface area contributed by atoms with Crippen LogP contribution in [0.25, 0.3) is 11.3 Å². The molecule has 0 saturated heterocycles. The Bertz CT molecular complexity index is 778. The first kappa shape index (κ1) is 14.4. The minimum absolute atomic E-state index is 0.268. The molecule has 112 valence electrons. The first-order chi connectivity index (χ1) is 10.7. The maximum atomic E-state index is 13.1. The summed E-state index contributed by atoms with van der Waals surface area (Å²) in [6, 6.07) is 14.4. The number of aryl methyl sites for hydroxylation is 1. The topological polar surface area (TPSA) is 56.7 Å². The number of aromatic nitrogens is 3. The lowest BCUT2D eigenvalue weighted by molar-refractivity contribution is 0.627. The second-order valence-electron chi connectivity index (χ2n) is 5.18. The van der Waals surface area contributed by atoms with Crippen LogP contribution in [0.3, 0.4) is 0 Å². The average molecular weight is 296 g/mol. The lowest BCUT2D eigenvalue weighted by Gasteiger charge is -2.10. The summed E-state index contributed by atoms with van der Waals surface area (Å²) >= 11 is 0. The van der Waals surface area contributed by atoms with Crippen LogP contribution in [0.2, 0.25) is 0 Å². The molecule has 22 heavy (non-hydrogen) atoms. The third-order valence-corrected chi connectivity index (χ3v) is 3.70. The summed E-state index contributed by atoms with van der Waals surface area (Å²) in [7, 11) is 0. The third kappa shape index (κ3) is 2.76. The Labute approximate surface area is 128 Å². The molecule has 3 aromatic rings. The molecule has 0 saturated carbocycles. The van der Waals surface area contributed by atoms with Crippen molar-refractivity contribution in [3.63, 3.8) is 0 Å². The fourth-order valence-corrected chi connectivity index (χ4v) is 2.47. The van der Waals surface area contributed by atoms with Crippen LogP contribution < -0.4 is 5.73 Å². The van der Waals surface area contributed by atoms with E-state index in [9.17, 15) is 4.39 Å². The van der Waals surface area contributed by atoms with Gasteiger partial charge in [-0.25, -0.2) is 9.07 Å². The van der Waals surface area contributed by atoms with Gasteiger partial charge in [-0.1, -0.05) is 29.5 Å². The number of nitrogens with two attached hydrogens (primary N) is 1. The van der Waals surface area contributed by atoms with Crippen molar-refractivity contribution in [3.8, 4) is 11.3 Å². The zero-order valence-electron chi connectivity index (χ0n) is 12.3. The van der Waals surface area contributed by atoms with Crippen LogP contribution in [0.5, 0.6) is 0 Å². The van der Waals surface area contributed by atoms with Crippen molar-refractivity contribution in [1.29, 1.82) is 0 Å². The van der Waals surface area contributed by atoms with Gasteiger partial charge in [0, 0.05) is 12.1 Å². The van der Waals surface area contributed by atoms with E-state index in [-0.39, 0.29) is 5.82 Å². The molecule has 5 heteroatoms. The average Bonchev–Trinajstić information content (AvgIpc) is 2.93. The number of halogens is 1. The molecule has 0 amide bonds. The Morgan fingerprint density at radius 3 is 2.50 bits per heavy atom. The van der Waals surface area contributed by atoms with Gasteiger partial charge in [0.2, 0.25) is 0 Å². The van der Waals surface area contributed by atoms with E-state index < -0.39 is 0 Å². The predicted octanol–water partition coefficient (Wildman–Crippen LogP) is 2.90. The molecule has 0 bridgehead atoms. The van der Waals surface area contributed by atoms with Crippen LogP contribution in [0.1, 0.15) is 16.8 Å². The highest BCUT2D eigenvalue weighted by Gasteiger charge is 2.14. The van der Waals surface area contributed by atoms with Crippen molar-refractivity contribution in [3.05, 3.63) is 71.2 Å². The monoisotopic (exact) mass is 296 g/mol. The second-order valence-corrected chi connectivity index (χ2v) is 5.18. The molecule has 2 N–H and O–H groups in total. The van der Waals surface area contributed by atoms with E-state index >= 15 is 0 Å². The molecule has 0 unspecified atom stereocenters. The van der Waals surface area contributed by atoms with Gasteiger partial charge in [-0.15, -0.1) is 5.10 Å². The Hall–Kier alpha value is -2.53. The van der Waals surface area contributed by atoms with Gasteiger partial charge in [0.05, 0.1) is 12.2 Å². The summed E-state index contributed by atoms with van der Waals surface area (Å²) in [5, 5.41) is 8.37. The molecule has 4 nitrogen and oxygen atoms in total. The van der Waals surface area contributed by atoms with Gasteiger partial charge >= 0.3 is 0 Å².